The predicted octanol–water partition coefficient (Wildman–Crippen LogP) is 2.73. The third kappa shape index (κ3) is 3.08. The van der Waals surface area contributed by atoms with Gasteiger partial charge in [-0.1, -0.05) is 0 Å². The van der Waals surface area contributed by atoms with E-state index in [1.807, 2.05) is 23.9 Å². The van der Waals surface area contributed by atoms with Crippen LogP contribution < -0.4 is 14.8 Å². The summed E-state index contributed by atoms with van der Waals surface area (Å²) in [5.74, 6) is 1.35. The summed E-state index contributed by atoms with van der Waals surface area (Å²) in [4.78, 5) is 19.7. The molecule has 1 N–H and O–H groups in total. The third-order valence-corrected chi connectivity index (χ3v) is 3.28. The molecule has 0 atom stereocenters. The number of fused-ring (bicyclic) bond motifs is 1. The highest BCUT2D eigenvalue weighted by Crippen LogP contribution is 2.31. The lowest BCUT2D eigenvalue weighted by molar-refractivity contribution is -0.114. The van der Waals surface area contributed by atoms with E-state index in [4.69, 9.17) is 9.47 Å². The maximum atomic E-state index is 11.3. The fourth-order valence-electron chi connectivity index (χ4n) is 2.30. The lowest BCUT2D eigenvalue weighted by Crippen LogP contribution is -2.06. The molecule has 2 aromatic heterocycles. The number of methoxy groups -OCH3 is 1. The first-order chi connectivity index (χ1) is 11.1. The van der Waals surface area contributed by atoms with Crippen LogP contribution in [0.4, 0.5) is 5.69 Å². The van der Waals surface area contributed by atoms with Crippen LogP contribution in [-0.2, 0) is 11.8 Å². The van der Waals surface area contributed by atoms with Crippen molar-refractivity contribution in [1.82, 2.24) is 14.5 Å². The van der Waals surface area contributed by atoms with Gasteiger partial charge in [0.15, 0.2) is 0 Å². The number of amides is 1. The van der Waals surface area contributed by atoms with Crippen molar-refractivity contribution >= 4 is 22.6 Å². The fraction of sp³-hybridized carbons (Fsp3) is 0.188. The minimum atomic E-state index is -0.170. The van der Waals surface area contributed by atoms with Crippen LogP contribution in [0.25, 0.3) is 11.0 Å². The van der Waals surface area contributed by atoms with E-state index in [1.54, 1.807) is 25.3 Å². The molecule has 0 bridgehead atoms. The second-order valence-corrected chi connectivity index (χ2v) is 5.02. The molecule has 0 spiro atoms. The molecule has 3 aromatic rings. The Bertz CT molecular complexity index is 873. The van der Waals surface area contributed by atoms with Crippen molar-refractivity contribution in [3.8, 4) is 17.4 Å². The van der Waals surface area contributed by atoms with E-state index >= 15 is 0 Å². The van der Waals surface area contributed by atoms with Crippen molar-refractivity contribution in [3.63, 3.8) is 0 Å². The van der Waals surface area contributed by atoms with E-state index in [-0.39, 0.29) is 5.91 Å². The van der Waals surface area contributed by atoms with Crippen molar-refractivity contribution < 1.29 is 14.3 Å². The monoisotopic (exact) mass is 312 g/mol. The number of ether oxygens (including phenoxy) is 2. The Labute approximate surface area is 132 Å². The van der Waals surface area contributed by atoms with Gasteiger partial charge in [0.05, 0.1) is 12.6 Å². The molecule has 118 valence electrons. The van der Waals surface area contributed by atoms with E-state index < -0.39 is 0 Å². The second kappa shape index (κ2) is 5.96. The Morgan fingerprint density at radius 3 is 2.74 bits per heavy atom. The van der Waals surface area contributed by atoms with Crippen LogP contribution in [0.3, 0.4) is 0 Å². The summed E-state index contributed by atoms with van der Waals surface area (Å²) in [6.07, 6.45) is 3.34. The summed E-state index contributed by atoms with van der Waals surface area (Å²) in [5.41, 5.74) is 2.17. The largest absolute Gasteiger partial charge is 0.497 e. The Hall–Kier alpha value is -3.09. The molecule has 0 aliphatic heterocycles. The molecule has 0 fully saturated rings. The topological polar surface area (TPSA) is 78.3 Å². The van der Waals surface area contributed by atoms with Crippen LogP contribution in [0.2, 0.25) is 0 Å². The van der Waals surface area contributed by atoms with Crippen LogP contribution in [0.1, 0.15) is 6.92 Å². The molecular formula is C16H16N4O3. The number of benzene rings is 1. The zero-order valence-corrected chi connectivity index (χ0v) is 13.0. The Morgan fingerprint density at radius 2 is 2.00 bits per heavy atom. The minimum absolute atomic E-state index is 0.170. The van der Waals surface area contributed by atoms with Crippen LogP contribution in [0.5, 0.6) is 17.4 Å². The van der Waals surface area contributed by atoms with Gasteiger partial charge in [-0.05, 0) is 6.07 Å². The van der Waals surface area contributed by atoms with Gasteiger partial charge in [0, 0.05) is 44.1 Å². The lowest BCUT2D eigenvalue weighted by atomic mass is 10.2. The smallest absolute Gasteiger partial charge is 0.247 e. The molecule has 1 aromatic carbocycles. The number of aryl methyl sites for hydroxylation is 1. The third-order valence-electron chi connectivity index (χ3n) is 3.28. The summed E-state index contributed by atoms with van der Waals surface area (Å²) >= 11 is 0. The summed E-state index contributed by atoms with van der Waals surface area (Å²) in [6.45, 7) is 1.44. The molecule has 2 heterocycles. The molecule has 23 heavy (non-hydrogen) atoms. The van der Waals surface area contributed by atoms with Crippen molar-refractivity contribution in [1.29, 1.82) is 0 Å². The lowest BCUT2D eigenvalue weighted by Gasteiger charge is -2.11. The molecule has 3 rings (SSSR count). The normalized spacial score (nSPS) is 10.6. The predicted molar refractivity (Wildman–Crippen MR) is 85.9 cm³/mol. The van der Waals surface area contributed by atoms with Crippen LogP contribution in [0, 0.1) is 0 Å². The number of hydrogen-bond acceptors (Lipinski definition) is 5. The molecule has 0 saturated heterocycles. The molecule has 0 radical (unpaired) electrons. The number of aromatic nitrogens is 3. The van der Waals surface area contributed by atoms with E-state index in [2.05, 4.69) is 15.3 Å². The molecule has 7 nitrogen and oxygen atoms in total. The number of carbonyl (C=O) groups is 1. The van der Waals surface area contributed by atoms with Gasteiger partial charge in [-0.15, -0.1) is 0 Å². The number of nitrogens with zero attached hydrogens (tertiary/aromatic N) is 3. The first-order valence-corrected chi connectivity index (χ1v) is 6.97. The minimum Gasteiger partial charge on any atom is -0.497 e. The highest BCUT2D eigenvalue weighted by atomic mass is 16.5. The molecule has 0 aliphatic rings. The average molecular weight is 312 g/mol. The Morgan fingerprint density at radius 1 is 1.22 bits per heavy atom. The number of anilines is 1. The van der Waals surface area contributed by atoms with Crippen molar-refractivity contribution in [3.05, 3.63) is 36.8 Å². The molecule has 1 amide bonds. The quantitative estimate of drug-likeness (QED) is 0.801. The number of nitrogens with one attached hydrogen (secondary N) is 1. The number of rotatable bonds is 4. The molecule has 0 aliphatic carbocycles. The Balaban J connectivity index is 2.01. The molecular weight excluding hydrogens is 296 g/mol. The van der Waals surface area contributed by atoms with Gasteiger partial charge in [-0.2, -0.15) is 4.98 Å². The van der Waals surface area contributed by atoms with Crippen LogP contribution >= 0.6 is 0 Å². The zero-order valence-electron chi connectivity index (χ0n) is 13.0. The van der Waals surface area contributed by atoms with Gasteiger partial charge >= 0.3 is 0 Å². The van der Waals surface area contributed by atoms with E-state index in [9.17, 15) is 4.79 Å². The fourth-order valence-corrected chi connectivity index (χ4v) is 2.30. The van der Waals surface area contributed by atoms with Crippen molar-refractivity contribution in [2.24, 2.45) is 7.05 Å². The standard InChI is InChI=1S/C16H16N4O3/c1-10(21)19-11-6-12(22-3)8-13(7-11)23-16-15-14(17-9-18-16)4-5-20(15)2/h4-9H,1-3H3,(H,19,21). The first-order valence-electron chi connectivity index (χ1n) is 6.97. The van der Waals surface area contributed by atoms with Crippen LogP contribution in [0.15, 0.2) is 36.8 Å². The number of carbonyl (C=O) groups excluding carboxylic acids is 1. The summed E-state index contributed by atoms with van der Waals surface area (Å²) in [6, 6.07) is 7.04. The van der Waals surface area contributed by atoms with Gasteiger partial charge in [-0.3, -0.25) is 4.79 Å². The Kier molecular flexibility index (Phi) is 3.84. The van der Waals surface area contributed by atoms with Crippen molar-refractivity contribution in [2.45, 2.75) is 6.92 Å². The van der Waals surface area contributed by atoms with Gasteiger partial charge in [0.1, 0.15) is 23.3 Å². The summed E-state index contributed by atoms with van der Waals surface area (Å²) in [7, 11) is 3.45. The van der Waals surface area contributed by atoms with E-state index in [0.29, 0.717) is 23.1 Å². The van der Waals surface area contributed by atoms with Gasteiger partial charge in [0.25, 0.3) is 0 Å². The highest BCUT2D eigenvalue weighted by Gasteiger charge is 2.11. The second-order valence-electron chi connectivity index (χ2n) is 5.02. The van der Waals surface area contributed by atoms with E-state index in [1.165, 1.54) is 13.3 Å². The maximum absolute atomic E-state index is 11.3. The summed E-state index contributed by atoms with van der Waals surface area (Å²) in [5, 5.41) is 2.71. The molecule has 7 heteroatoms. The zero-order chi connectivity index (χ0) is 16.4. The summed E-state index contributed by atoms with van der Waals surface area (Å²) < 4.78 is 13.0. The van der Waals surface area contributed by atoms with Gasteiger partial charge in [0.2, 0.25) is 11.8 Å². The molecule has 0 unspecified atom stereocenters. The average Bonchev–Trinajstić information content (AvgIpc) is 2.89. The van der Waals surface area contributed by atoms with Crippen molar-refractivity contribution in [2.75, 3.05) is 12.4 Å². The highest BCUT2D eigenvalue weighted by molar-refractivity contribution is 5.89. The molecule has 0 saturated carbocycles. The first kappa shape index (κ1) is 14.8. The van der Waals surface area contributed by atoms with Crippen LogP contribution in [-0.4, -0.2) is 27.6 Å². The maximum Gasteiger partial charge on any atom is 0.247 e. The van der Waals surface area contributed by atoms with Gasteiger partial charge in [-0.25, -0.2) is 4.98 Å². The SMILES string of the molecule is COc1cc(NC(C)=O)cc(Oc2ncnc3ccn(C)c23)c1. The number of hydrogen-bond donors (Lipinski definition) is 1. The van der Waals surface area contributed by atoms with Gasteiger partial charge < -0.3 is 19.4 Å². The van der Waals surface area contributed by atoms with E-state index in [0.717, 1.165) is 11.0 Å².